The number of rotatable bonds is 5. The molecule has 2 heterocycles. The number of fused-ring (bicyclic) bond motifs is 1. The van der Waals surface area contributed by atoms with Gasteiger partial charge in [-0.05, 0) is 71.3 Å². The Hall–Kier alpha value is -3.18. The third kappa shape index (κ3) is 6.83. The second-order valence-corrected chi connectivity index (χ2v) is 19.0. The number of aliphatic carboxylic acids is 1. The number of benzene rings is 1. The first-order chi connectivity index (χ1) is 18.5. The summed E-state index contributed by atoms with van der Waals surface area (Å²) in [6.07, 6.45) is -0.340. The van der Waals surface area contributed by atoms with Crippen molar-refractivity contribution in [1.82, 2.24) is 9.47 Å². The number of para-hydroxylation sites is 1. The lowest BCUT2D eigenvalue weighted by molar-refractivity contribution is -0.147. The van der Waals surface area contributed by atoms with Crippen LogP contribution < -0.4 is 0 Å². The summed E-state index contributed by atoms with van der Waals surface area (Å²) in [6.45, 7) is 20.2. The Bertz CT molecular complexity index is 1360. The van der Waals surface area contributed by atoms with Crippen LogP contribution in [0.15, 0.2) is 30.5 Å². The summed E-state index contributed by atoms with van der Waals surface area (Å²) < 4.78 is 19.3. The summed E-state index contributed by atoms with van der Waals surface area (Å²) in [6, 6.07) is 5.72. The van der Waals surface area contributed by atoms with E-state index in [0.717, 1.165) is 0 Å². The topological polar surface area (TPSA) is 124 Å². The van der Waals surface area contributed by atoms with Gasteiger partial charge in [0.05, 0.1) is 5.52 Å². The highest BCUT2D eigenvalue weighted by Gasteiger charge is 2.61. The van der Waals surface area contributed by atoms with Crippen molar-refractivity contribution in [1.29, 1.82) is 0 Å². The van der Waals surface area contributed by atoms with Gasteiger partial charge in [0.15, 0.2) is 8.32 Å². The van der Waals surface area contributed by atoms with Crippen LogP contribution >= 0.6 is 0 Å². The van der Waals surface area contributed by atoms with E-state index in [1.165, 1.54) is 4.57 Å². The van der Waals surface area contributed by atoms with E-state index in [9.17, 15) is 24.3 Å². The average molecular weight is 589 g/mol. The number of carboxylic acid groups (broad SMARTS) is 1. The van der Waals surface area contributed by atoms with E-state index in [0.29, 0.717) is 21.4 Å². The normalized spacial score (nSPS) is 20.4. The predicted octanol–water partition coefficient (Wildman–Crippen LogP) is 6.35. The highest BCUT2D eigenvalue weighted by Crippen LogP contribution is 2.45. The smallest absolute Gasteiger partial charge is 0.419 e. The number of hydrogen-bond acceptors (Lipinski definition) is 7. The maximum atomic E-state index is 14.3. The number of nitrogens with zero attached hydrogens (tertiary/aromatic N) is 2. The fraction of sp³-hybridized carbons (Fsp3) is 0.600. The molecule has 10 nitrogen and oxygen atoms in total. The zero-order valence-corrected chi connectivity index (χ0v) is 27.1. The van der Waals surface area contributed by atoms with Crippen LogP contribution in [0.5, 0.6) is 0 Å². The monoisotopic (exact) mass is 588 g/mol. The molecule has 1 saturated heterocycles. The van der Waals surface area contributed by atoms with E-state index in [-0.39, 0.29) is 17.9 Å². The van der Waals surface area contributed by atoms with Crippen molar-refractivity contribution in [3.63, 3.8) is 0 Å². The SMILES string of the molecule is CC(C)(C)OC(=O)N1C(=O)[C@](Cc2cn(C(=O)OC(C)(C)C)c3ccccc23)(O[Si](C)(C)C(C)(C)C)C[C@@H]1C(=O)O. The molecule has 1 aromatic carbocycles. The van der Waals surface area contributed by atoms with E-state index in [4.69, 9.17) is 13.9 Å². The number of carbonyl (C=O) groups is 4. The number of carboxylic acids is 1. The molecule has 0 saturated carbocycles. The van der Waals surface area contributed by atoms with Crippen LogP contribution in [-0.2, 0) is 29.9 Å². The predicted molar refractivity (Wildman–Crippen MR) is 157 cm³/mol. The molecule has 0 spiro atoms. The summed E-state index contributed by atoms with van der Waals surface area (Å²) in [4.78, 5) is 53.8. The number of imide groups is 1. The van der Waals surface area contributed by atoms with Crippen molar-refractivity contribution in [2.45, 2.75) is 116 Å². The fourth-order valence-electron chi connectivity index (χ4n) is 4.64. The molecule has 1 aliphatic heterocycles. The second kappa shape index (κ2) is 10.6. The van der Waals surface area contributed by atoms with Gasteiger partial charge in [-0.25, -0.2) is 19.3 Å². The van der Waals surface area contributed by atoms with Gasteiger partial charge >= 0.3 is 18.2 Å². The van der Waals surface area contributed by atoms with Crippen LogP contribution in [0.2, 0.25) is 18.1 Å². The molecule has 226 valence electrons. The minimum atomic E-state index is -2.72. The standard InChI is InChI=1S/C30H44N2O8Si/c1-27(2,3)38-25(36)31-18-19(20-14-12-13-15-21(20)31)16-30(40-41(10,11)29(7,8)9)17-22(23(33)34)32(24(30)35)26(37)39-28(4,5)6/h12-15,18,22H,16-17H2,1-11H3,(H,33,34)/t22-,30-/m1/s1. The minimum absolute atomic E-state index is 0.0578. The molecule has 3 rings (SSSR count). The third-order valence-corrected chi connectivity index (χ3v) is 11.9. The molecule has 0 radical (unpaired) electrons. The molecular weight excluding hydrogens is 544 g/mol. The van der Waals surface area contributed by atoms with Crippen molar-refractivity contribution in [3.05, 3.63) is 36.0 Å². The van der Waals surface area contributed by atoms with Crippen molar-refractivity contribution in [3.8, 4) is 0 Å². The summed E-state index contributed by atoms with van der Waals surface area (Å²) in [5, 5.41) is 10.5. The van der Waals surface area contributed by atoms with Gasteiger partial charge in [0.1, 0.15) is 22.8 Å². The van der Waals surface area contributed by atoms with Crippen LogP contribution in [0.1, 0.15) is 74.3 Å². The largest absolute Gasteiger partial charge is 0.480 e. The van der Waals surface area contributed by atoms with Gasteiger partial charge < -0.3 is 19.0 Å². The lowest BCUT2D eigenvalue weighted by atomic mass is 9.91. The molecule has 41 heavy (non-hydrogen) atoms. The van der Waals surface area contributed by atoms with Gasteiger partial charge in [-0.2, -0.15) is 0 Å². The van der Waals surface area contributed by atoms with Gasteiger partial charge in [0.2, 0.25) is 0 Å². The first-order valence-corrected chi connectivity index (χ1v) is 16.7. The van der Waals surface area contributed by atoms with Crippen molar-refractivity contribution >= 4 is 43.3 Å². The van der Waals surface area contributed by atoms with E-state index in [2.05, 4.69) is 0 Å². The molecule has 0 unspecified atom stereocenters. The molecule has 1 aromatic heterocycles. The maximum Gasteiger partial charge on any atom is 0.419 e. The lowest BCUT2D eigenvalue weighted by Gasteiger charge is -2.43. The molecular formula is C30H44N2O8Si. The second-order valence-electron chi connectivity index (χ2n) is 14.3. The molecule has 0 aliphatic carbocycles. The molecule has 1 N–H and O–H groups in total. The van der Waals surface area contributed by atoms with Crippen LogP contribution in [0.3, 0.4) is 0 Å². The van der Waals surface area contributed by atoms with Crippen molar-refractivity contribution < 1.29 is 38.2 Å². The number of aromatic nitrogens is 1. The highest BCUT2D eigenvalue weighted by molar-refractivity contribution is 6.74. The fourth-order valence-corrected chi connectivity index (χ4v) is 6.17. The van der Waals surface area contributed by atoms with Gasteiger partial charge in [-0.1, -0.05) is 39.0 Å². The molecule has 1 fully saturated rings. The maximum absolute atomic E-state index is 14.3. The molecule has 1 aliphatic rings. The molecule has 0 bridgehead atoms. The Labute approximate surface area is 243 Å². The van der Waals surface area contributed by atoms with Crippen LogP contribution in [-0.4, -0.2) is 69.8 Å². The number of ether oxygens (including phenoxy) is 2. The third-order valence-electron chi connectivity index (χ3n) is 7.44. The minimum Gasteiger partial charge on any atom is -0.480 e. The number of carbonyl (C=O) groups excluding carboxylic acids is 3. The van der Waals surface area contributed by atoms with Crippen molar-refractivity contribution in [2.24, 2.45) is 0 Å². The molecule has 2 amide bonds. The van der Waals surface area contributed by atoms with Gasteiger partial charge in [-0.3, -0.25) is 9.36 Å². The van der Waals surface area contributed by atoms with E-state index in [1.807, 2.05) is 46.0 Å². The van der Waals surface area contributed by atoms with E-state index in [1.54, 1.807) is 59.9 Å². The molecule has 11 heteroatoms. The highest BCUT2D eigenvalue weighted by atomic mass is 28.4. The Morgan fingerprint density at radius 2 is 1.49 bits per heavy atom. The molecule has 2 atom stereocenters. The summed E-state index contributed by atoms with van der Waals surface area (Å²) in [7, 11) is -2.72. The average Bonchev–Trinajstić information content (AvgIpc) is 3.26. The number of amides is 2. The van der Waals surface area contributed by atoms with Gasteiger partial charge in [0, 0.05) is 24.4 Å². The first kappa shape index (κ1) is 32.3. The van der Waals surface area contributed by atoms with E-state index < -0.39 is 55.2 Å². The lowest BCUT2D eigenvalue weighted by Crippen LogP contribution is -2.55. The quantitative estimate of drug-likeness (QED) is 0.401. The van der Waals surface area contributed by atoms with E-state index >= 15 is 0 Å². The zero-order chi connectivity index (χ0) is 31.3. The molecule has 2 aromatic rings. The van der Waals surface area contributed by atoms with Crippen LogP contribution in [0.4, 0.5) is 9.59 Å². The van der Waals surface area contributed by atoms with Gasteiger partial charge in [-0.15, -0.1) is 0 Å². The van der Waals surface area contributed by atoms with Crippen LogP contribution in [0, 0.1) is 0 Å². The van der Waals surface area contributed by atoms with Crippen molar-refractivity contribution in [2.75, 3.05) is 0 Å². The number of hydrogen-bond donors (Lipinski definition) is 1. The Morgan fingerprint density at radius 3 is 2.00 bits per heavy atom. The Balaban J connectivity index is 2.21. The first-order valence-electron chi connectivity index (χ1n) is 13.8. The summed E-state index contributed by atoms with van der Waals surface area (Å²) in [5.74, 6) is -2.10. The zero-order valence-electron chi connectivity index (χ0n) is 26.1. The Kier molecular flexibility index (Phi) is 8.34. The summed E-state index contributed by atoms with van der Waals surface area (Å²) in [5.41, 5.74) is -2.21. The number of likely N-dealkylation sites (tertiary alicyclic amines) is 1. The Morgan fingerprint density at radius 1 is 0.951 bits per heavy atom. The van der Waals surface area contributed by atoms with Crippen LogP contribution in [0.25, 0.3) is 10.9 Å². The summed E-state index contributed by atoms with van der Waals surface area (Å²) >= 11 is 0. The van der Waals surface area contributed by atoms with Gasteiger partial charge in [0.25, 0.3) is 5.91 Å².